The van der Waals surface area contributed by atoms with Gasteiger partial charge in [0.2, 0.25) is 12.7 Å². The topological polar surface area (TPSA) is 79.2 Å². The number of carbonyl (C=O) groups is 1. The second-order valence-corrected chi connectivity index (χ2v) is 8.02. The molecule has 0 fully saturated rings. The summed E-state index contributed by atoms with van der Waals surface area (Å²) in [5.74, 6) is 0.203. The zero-order valence-corrected chi connectivity index (χ0v) is 17.4. The van der Waals surface area contributed by atoms with Crippen molar-refractivity contribution in [1.82, 2.24) is 0 Å². The van der Waals surface area contributed by atoms with Crippen LogP contribution >= 0.6 is 23.2 Å². The van der Waals surface area contributed by atoms with Gasteiger partial charge < -0.3 is 24.6 Å². The zero-order chi connectivity index (χ0) is 20.8. The minimum absolute atomic E-state index is 0.0185. The summed E-state index contributed by atoms with van der Waals surface area (Å²) in [6.07, 6.45) is 2.71. The van der Waals surface area contributed by atoms with Crippen LogP contribution < -0.4 is 14.4 Å². The number of unbranched alkanes of at least 4 members (excludes halogenated alkanes) is 2. The number of nitrogens with zero attached hydrogens (tertiary/aromatic N) is 1. The molecule has 154 valence electrons. The quantitative estimate of drug-likeness (QED) is 0.660. The van der Waals surface area contributed by atoms with Crippen molar-refractivity contribution < 1.29 is 24.5 Å². The lowest BCUT2D eigenvalue weighted by Gasteiger charge is -2.28. The molecule has 2 N–H and O–H groups in total. The van der Waals surface area contributed by atoms with Crippen molar-refractivity contribution >= 4 is 34.8 Å². The summed E-state index contributed by atoms with van der Waals surface area (Å²) in [4.78, 5) is 15.3. The Bertz CT molecular complexity index is 980. The average molecular weight is 438 g/mol. The van der Waals surface area contributed by atoms with Gasteiger partial charge in [-0.2, -0.15) is 0 Å². The highest BCUT2D eigenvalue weighted by Crippen LogP contribution is 2.55. The van der Waals surface area contributed by atoms with Crippen LogP contribution in [0, 0.1) is 0 Å². The molecule has 2 aliphatic heterocycles. The molecular formula is C21H21Cl2NO5. The van der Waals surface area contributed by atoms with Crippen LogP contribution in [0.25, 0.3) is 0 Å². The number of hydrogen-bond donors (Lipinski definition) is 2. The number of aliphatic hydroxyl groups excluding tert-OH is 1. The van der Waals surface area contributed by atoms with Gasteiger partial charge in [-0.1, -0.05) is 43.0 Å². The number of ether oxygens (including phenoxy) is 2. The van der Waals surface area contributed by atoms with Gasteiger partial charge in [0.15, 0.2) is 11.5 Å². The molecule has 0 aliphatic carbocycles. The molecule has 6 nitrogen and oxygen atoms in total. The fraction of sp³-hybridized carbons (Fsp3) is 0.381. The van der Waals surface area contributed by atoms with Gasteiger partial charge in [0.25, 0.3) is 0 Å². The molecule has 0 saturated heterocycles. The number of benzene rings is 2. The van der Waals surface area contributed by atoms with E-state index in [0.717, 1.165) is 19.3 Å². The predicted octanol–water partition coefficient (Wildman–Crippen LogP) is 4.24. The number of halogens is 2. The lowest BCUT2D eigenvalue weighted by molar-refractivity contribution is -0.123. The Morgan fingerprint density at radius 1 is 1.14 bits per heavy atom. The lowest BCUT2D eigenvalue weighted by atomic mass is 9.75. The first-order valence-corrected chi connectivity index (χ1v) is 10.3. The number of hydrogen-bond acceptors (Lipinski definition) is 5. The van der Waals surface area contributed by atoms with Gasteiger partial charge in [0, 0.05) is 28.8 Å². The first kappa shape index (κ1) is 20.1. The molecule has 0 aromatic heterocycles. The highest BCUT2D eigenvalue weighted by Gasteiger charge is 2.55. The fourth-order valence-electron chi connectivity index (χ4n) is 4.14. The number of carbonyl (C=O) groups excluding carboxylic acids is 1. The van der Waals surface area contributed by atoms with Crippen LogP contribution in [0.4, 0.5) is 5.69 Å². The van der Waals surface area contributed by atoms with E-state index in [1.165, 1.54) is 12.1 Å². The molecular weight excluding hydrogens is 417 g/mol. The number of fused-ring (bicyclic) bond motifs is 2. The molecule has 4 rings (SSSR count). The molecule has 0 bridgehead atoms. The molecule has 2 aromatic rings. The van der Waals surface area contributed by atoms with Crippen molar-refractivity contribution in [2.75, 3.05) is 24.8 Å². The van der Waals surface area contributed by atoms with Gasteiger partial charge in [-0.15, -0.1) is 0 Å². The number of phenols is 1. The smallest absolute Gasteiger partial charge is 0.244 e. The third kappa shape index (κ3) is 2.93. The van der Waals surface area contributed by atoms with E-state index in [1.54, 1.807) is 17.0 Å². The van der Waals surface area contributed by atoms with Crippen molar-refractivity contribution in [2.24, 2.45) is 0 Å². The molecule has 2 aromatic carbocycles. The summed E-state index contributed by atoms with van der Waals surface area (Å²) < 4.78 is 10.7. The van der Waals surface area contributed by atoms with Crippen molar-refractivity contribution in [3.05, 3.63) is 45.4 Å². The molecule has 1 atom stereocenters. The van der Waals surface area contributed by atoms with Crippen LogP contribution in [0.1, 0.15) is 37.3 Å². The first-order chi connectivity index (χ1) is 14.0. The highest BCUT2D eigenvalue weighted by molar-refractivity contribution is 6.38. The van der Waals surface area contributed by atoms with Crippen molar-refractivity contribution in [2.45, 2.75) is 31.6 Å². The van der Waals surface area contributed by atoms with Crippen molar-refractivity contribution in [3.63, 3.8) is 0 Å². The van der Waals surface area contributed by atoms with Gasteiger partial charge in [-0.05, 0) is 24.6 Å². The summed E-state index contributed by atoms with van der Waals surface area (Å²) in [5.41, 5.74) is -0.511. The van der Waals surface area contributed by atoms with Crippen LogP contribution in [0.5, 0.6) is 17.2 Å². The van der Waals surface area contributed by atoms with E-state index in [4.69, 9.17) is 32.7 Å². The summed E-state index contributed by atoms with van der Waals surface area (Å²) in [5, 5.41) is 21.9. The van der Waals surface area contributed by atoms with Crippen LogP contribution in [-0.2, 0) is 10.2 Å². The molecule has 8 heteroatoms. The van der Waals surface area contributed by atoms with Crippen LogP contribution in [0.15, 0.2) is 24.3 Å². The summed E-state index contributed by atoms with van der Waals surface area (Å²) in [6.45, 7) is 1.94. The van der Waals surface area contributed by atoms with E-state index in [-0.39, 0.29) is 24.0 Å². The Morgan fingerprint density at radius 2 is 1.83 bits per heavy atom. The number of rotatable bonds is 6. The number of anilines is 1. The van der Waals surface area contributed by atoms with E-state index in [0.29, 0.717) is 39.3 Å². The van der Waals surface area contributed by atoms with Crippen LogP contribution in [-0.4, -0.2) is 36.1 Å². The number of amides is 1. The van der Waals surface area contributed by atoms with E-state index in [9.17, 15) is 15.0 Å². The molecule has 1 amide bonds. The Morgan fingerprint density at radius 3 is 2.52 bits per heavy atom. The molecule has 2 heterocycles. The first-order valence-electron chi connectivity index (χ1n) is 9.50. The normalized spacial score (nSPS) is 19.7. The molecule has 0 saturated carbocycles. The summed E-state index contributed by atoms with van der Waals surface area (Å²) in [7, 11) is 0. The maximum Gasteiger partial charge on any atom is 0.244 e. The molecule has 0 spiro atoms. The third-order valence-electron chi connectivity index (χ3n) is 5.56. The minimum Gasteiger partial charge on any atom is -0.507 e. The summed E-state index contributed by atoms with van der Waals surface area (Å²) >= 11 is 13.0. The Labute approximate surface area is 178 Å². The third-order valence-corrected chi connectivity index (χ3v) is 6.18. The monoisotopic (exact) mass is 437 g/mol. The largest absolute Gasteiger partial charge is 0.507 e. The predicted molar refractivity (Wildman–Crippen MR) is 110 cm³/mol. The van der Waals surface area contributed by atoms with Gasteiger partial charge >= 0.3 is 0 Å². The second-order valence-electron chi connectivity index (χ2n) is 7.20. The summed E-state index contributed by atoms with van der Waals surface area (Å²) in [6, 6.07) is 6.15. The fourth-order valence-corrected chi connectivity index (χ4v) is 4.71. The van der Waals surface area contributed by atoms with E-state index in [1.807, 2.05) is 0 Å². The Hall–Kier alpha value is -2.15. The standard InChI is InChI=1S/C21H21Cl2NO5/c1-2-3-4-7-24-19-14(23)6-5-13(22)18(19)21(10-25,20(24)27)12-8-16-17(9-15(12)26)29-11-28-16/h5-6,8-9,25-26H,2-4,7,10-11H2,1H3. The van der Waals surface area contributed by atoms with Gasteiger partial charge in [-0.3, -0.25) is 4.79 Å². The van der Waals surface area contributed by atoms with E-state index < -0.39 is 12.0 Å². The van der Waals surface area contributed by atoms with E-state index >= 15 is 0 Å². The minimum atomic E-state index is -1.59. The second kappa shape index (κ2) is 7.59. The molecule has 0 radical (unpaired) electrons. The lowest BCUT2D eigenvalue weighted by Crippen LogP contribution is -2.44. The highest BCUT2D eigenvalue weighted by atomic mass is 35.5. The number of aliphatic hydroxyl groups is 1. The Balaban J connectivity index is 1.95. The van der Waals surface area contributed by atoms with Gasteiger partial charge in [0.05, 0.1) is 17.3 Å². The maximum atomic E-state index is 13.7. The van der Waals surface area contributed by atoms with E-state index in [2.05, 4.69) is 6.92 Å². The maximum absolute atomic E-state index is 13.7. The molecule has 2 aliphatic rings. The zero-order valence-electron chi connectivity index (χ0n) is 15.9. The Kier molecular flexibility index (Phi) is 5.27. The van der Waals surface area contributed by atoms with Gasteiger partial charge in [0.1, 0.15) is 11.2 Å². The number of phenolic OH excluding ortho intramolecular Hbond substituents is 1. The van der Waals surface area contributed by atoms with Crippen molar-refractivity contribution in [3.8, 4) is 17.2 Å². The average Bonchev–Trinajstić information content (AvgIpc) is 3.26. The number of aromatic hydroxyl groups is 1. The molecule has 1 unspecified atom stereocenters. The van der Waals surface area contributed by atoms with Crippen molar-refractivity contribution in [1.29, 1.82) is 0 Å². The SMILES string of the molecule is CCCCCN1C(=O)C(CO)(c2cc3c(cc2O)OCO3)c2c(Cl)ccc(Cl)c21. The van der Waals surface area contributed by atoms with Crippen LogP contribution in [0.3, 0.4) is 0 Å². The molecule has 29 heavy (non-hydrogen) atoms. The van der Waals surface area contributed by atoms with Gasteiger partial charge in [-0.25, -0.2) is 0 Å². The van der Waals surface area contributed by atoms with Crippen LogP contribution in [0.2, 0.25) is 10.0 Å².